The van der Waals surface area contributed by atoms with Gasteiger partial charge >= 0.3 is 0 Å². The van der Waals surface area contributed by atoms with Crippen molar-refractivity contribution in [1.82, 2.24) is 4.98 Å². The lowest BCUT2D eigenvalue weighted by atomic mass is 10.4. The molecular weight excluding hydrogens is 282 g/mol. The Bertz CT molecular complexity index is 683. The van der Waals surface area contributed by atoms with Crippen LogP contribution in [-0.4, -0.2) is 18.5 Å². The number of nitrogens with zero attached hydrogens (tertiary/aromatic N) is 1. The van der Waals surface area contributed by atoms with Crippen molar-refractivity contribution in [3.05, 3.63) is 48.7 Å². The summed E-state index contributed by atoms with van der Waals surface area (Å²) in [6, 6.07) is 11.1. The quantitative estimate of drug-likeness (QED) is 0.836. The van der Waals surface area contributed by atoms with Crippen molar-refractivity contribution in [1.29, 1.82) is 0 Å². The number of nitrogens with one attached hydrogen (secondary N) is 1. The zero-order valence-electron chi connectivity index (χ0n) is 9.78. The number of aromatic nitrogens is 1. The van der Waals surface area contributed by atoms with Gasteiger partial charge in [-0.1, -0.05) is 18.2 Å². The van der Waals surface area contributed by atoms with Crippen LogP contribution in [0, 0.1) is 0 Å². The summed E-state index contributed by atoms with van der Waals surface area (Å²) in [6.45, 7) is 0. The second kappa shape index (κ2) is 5.33. The third-order valence-electron chi connectivity index (χ3n) is 2.35. The Morgan fingerprint density at radius 2 is 1.79 bits per heavy atom. The van der Waals surface area contributed by atoms with Gasteiger partial charge in [0.25, 0.3) is 0 Å². The highest BCUT2D eigenvalue weighted by Crippen LogP contribution is 2.20. The summed E-state index contributed by atoms with van der Waals surface area (Å²) in [4.78, 5) is 4.30. The summed E-state index contributed by atoms with van der Waals surface area (Å²) in [5.41, 5.74) is 5.30. The maximum Gasteiger partial charge on any atom is 0.208 e. The normalized spacial score (nSPS) is 10.9. The fourth-order valence-electron chi connectivity index (χ4n) is 1.48. The molecule has 1 heterocycles. The van der Waals surface area contributed by atoms with E-state index in [4.69, 9.17) is 5.73 Å². The molecule has 0 aliphatic rings. The first-order valence-corrected chi connectivity index (χ1v) is 7.22. The second-order valence-electron chi connectivity index (χ2n) is 3.68. The van der Waals surface area contributed by atoms with E-state index in [1.54, 1.807) is 18.2 Å². The van der Waals surface area contributed by atoms with E-state index < -0.39 is 9.84 Å². The first-order chi connectivity index (χ1) is 9.00. The second-order valence-corrected chi connectivity index (χ2v) is 6.07. The first-order valence-electron chi connectivity index (χ1n) is 5.33. The third kappa shape index (κ3) is 3.07. The van der Waals surface area contributed by atoms with E-state index in [1.165, 1.54) is 30.5 Å². The number of nitrogens with two attached hydrogens (primary N) is 1. The lowest BCUT2D eigenvalue weighted by Crippen LogP contribution is -2.19. The van der Waals surface area contributed by atoms with Crippen molar-refractivity contribution in [2.75, 3.05) is 5.32 Å². The van der Waals surface area contributed by atoms with Gasteiger partial charge in [-0.15, -0.1) is 0 Å². The Morgan fingerprint density at radius 3 is 2.32 bits per heavy atom. The fraction of sp³-hybridized carbons (Fsp3) is 0. The molecule has 1 aromatic heterocycles. The zero-order valence-corrected chi connectivity index (χ0v) is 11.4. The highest BCUT2D eigenvalue weighted by Gasteiger charge is 2.17. The van der Waals surface area contributed by atoms with Crippen molar-refractivity contribution >= 4 is 33.0 Å². The molecule has 0 fully saturated rings. The number of hydrogen-bond acceptors (Lipinski definition) is 4. The largest absolute Gasteiger partial charge is 0.376 e. The number of thiocarbonyl (C=S) groups is 1. The van der Waals surface area contributed by atoms with Gasteiger partial charge in [0.2, 0.25) is 9.84 Å². The number of hydrogen-bond donors (Lipinski definition) is 2. The van der Waals surface area contributed by atoms with E-state index >= 15 is 0 Å². The molecule has 0 atom stereocenters. The predicted molar refractivity (Wildman–Crippen MR) is 76.5 cm³/mol. The lowest BCUT2D eigenvalue weighted by Gasteiger charge is -2.06. The predicted octanol–water partition coefficient (Wildman–Crippen LogP) is 1.57. The van der Waals surface area contributed by atoms with E-state index in [-0.39, 0.29) is 14.9 Å². The monoisotopic (exact) mass is 293 g/mol. The molecule has 98 valence electrons. The van der Waals surface area contributed by atoms with Gasteiger partial charge < -0.3 is 11.1 Å². The molecule has 0 radical (unpaired) electrons. The van der Waals surface area contributed by atoms with Gasteiger partial charge in [-0.25, -0.2) is 13.4 Å². The molecule has 1 aromatic carbocycles. The Balaban J connectivity index is 2.35. The van der Waals surface area contributed by atoms with E-state index in [1.807, 2.05) is 0 Å². The van der Waals surface area contributed by atoms with Crippen LogP contribution >= 0.6 is 12.2 Å². The SMILES string of the molecule is NC(=S)Nc1ccc(S(=O)(=O)c2ccccc2)cn1. The minimum Gasteiger partial charge on any atom is -0.376 e. The first kappa shape index (κ1) is 13.4. The van der Waals surface area contributed by atoms with Gasteiger partial charge in [0.05, 0.1) is 9.79 Å². The number of rotatable bonds is 3. The zero-order chi connectivity index (χ0) is 13.9. The number of pyridine rings is 1. The smallest absolute Gasteiger partial charge is 0.208 e. The molecule has 2 aromatic rings. The van der Waals surface area contributed by atoms with Crippen LogP contribution in [0.15, 0.2) is 58.5 Å². The number of anilines is 1. The molecule has 19 heavy (non-hydrogen) atoms. The summed E-state index contributed by atoms with van der Waals surface area (Å²) in [5, 5.41) is 2.70. The Kier molecular flexibility index (Phi) is 3.77. The summed E-state index contributed by atoms with van der Waals surface area (Å²) >= 11 is 4.67. The lowest BCUT2D eigenvalue weighted by molar-refractivity contribution is 0.595. The molecule has 0 spiro atoms. The van der Waals surface area contributed by atoms with E-state index in [2.05, 4.69) is 22.5 Å². The molecule has 0 bridgehead atoms. The minimum atomic E-state index is -3.54. The van der Waals surface area contributed by atoms with Gasteiger partial charge in [-0.3, -0.25) is 0 Å². The average Bonchev–Trinajstić information content (AvgIpc) is 2.40. The summed E-state index contributed by atoms with van der Waals surface area (Å²) in [7, 11) is -3.54. The third-order valence-corrected chi connectivity index (χ3v) is 4.21. The number of sulfone groups is 1. The van der Waals surface area contributed by atoms with E-state index in [9.17, 15) is 8.42 Å². The Labute approximate surface area is 116 Å². The standard InChI is InChI=1S/C12H11N3O2S2/c13-12(18)15-11-7-6-10(8-14-11)19(16,17)9-4-2-1-3-5-9/h1-8H,(H3,13,14,15,18). The molecule has 0 saturated carbocycles. The average molecular weight is 293 g/mol. The Hall–Kier alpha value is -1.99. The Morgan fingerprint density at radius 1 is 1.11 bits per heavy atom. The van der Waals surface area contributed by atoms with E-state index in [0.717, 1.165) is 0 Å². The van der Waals surface area contributed by atoms with Crippen LogP contribution in [-0.2, 0) is 9.84 Å². The van der Waals surface area contributed by atoms with Crippen LogP contribution in [0.2, 0.25) is 0 Å². The summed E-state index contributed by atoms with van der Waals surface area (Å²) in [6.07, 6.45) is 1.27. The van der Waals surface area contributed by atoms with Gasteiger partial charge in [-0.05, 0) is 36.5 Å². The molecule has 0 aliphatic heterocycles. The van der Waals surface area contributed by atoms with Gasteiger partial charge in [0.15, 0.2) is 5.11 Å². The van der Waals surface area contributed by atoms with Crippen molar-refractivity contribution in [2.45, 2.75) is 9.79 Å². The molecule has 0 aliphatic carbocycles. The van der Waals surface area contributed by atoms with Crippen LogP contribution in [0.1, 0.15) is 0 Å². The van der Waals surface area contributed by atoms with Gasteiger partial charge in [0, 0.05) is 6.20 Å². The summed E-state index contributed by atoms with van der Waals surface area (Å²) < 4.78 is 24.5. The van der Waals surface area contributed by atoms with Crippen LogP contribution in [0.4, 0.5) is 5.82 Å². The van der Waals surface area contributed by atoms with Crippen LogP contribution < -0.4 is 11.1 Å². The van der Waals surface area contributed by atoms with Gasteiger partial charge in [-0.2, -0.15) is 0 Å². The highest BCUT2D eigenvalue weighted by atomic mass is 32.2. The van der Waals surface area contributed by atoms with Crippen molar-refractivity contribution in [3.63, 3.8) is 0 Å². The van der Waals surface area contributed by atoms with Gasteiger partial charge in [0.1, 0.15) is 5.82 Å². The van der Waals surface area contributed by atoms with Crippen LogP contribution in [0.3, 0.4) is 0 Å². The number of benzene rings is 1. The van der Waals surface area contributed by atoms with E-state index in [0.29, 0.717) is 5.82 Å². The van der Waals surface area contributed by atoms with Crippen molar-refractivity contribution in [2.24, 2.45) is 5.73 Å². The summed E-state index contributed by atoms with van der Waals surface area (Å²) in [5.74, 6) is 0.402. The molecule has 7 heteroatoms. The molecule has 5 nitrogen and oxygen atoms in total. The topological polar surface area (TPSA) is 85.1 Å². The maximum absolute atomic E-state index is 12.3. The minimum absolute atomic E-state index is 0.0752. The van der Waals surface area contributed by atoms with Crippen LogP contribution in [0.5, 0.6) is 0 Å². The molecule has 2 rings (SSSR count). The van der Waals surface area contributed by atoms with Crippen molar-refractivity contribution in [3.8, 4) is 0 Å². The molecule has 0 amide bonds. The molecule has 3 N–H and O–H groups in total. The molecule has 0 saturated heterocycles. The maximum atomic E-state index is 12.3. The van der Waals surface area contributed by atoms with Crippen LogP contribution in [0.25, 0.3) is 0 Å². The highest BCUT2D eigenvalue weighted by molar-refractivity contribution is 7.91. The van der Waals surface area contributed by atoms with Crippen molar-refractivity contribution < 1.29 is 8.42 Å². The molecule has 0 unspecified atom stereocenters. The fourth-order valence-corrected chi connectivity index (χ4v) is 2.81. The molecular formula is C12H11N3O2S2.